The van der Waals surface area contributed by atoms with Gasteiger partial charge in [0.2, 0.25) is 0 Å². The summed E-state index contributed by atoms with van der Waals surface area (Å²) in [5, 5.41) is 3.23. The number of hydrogen-bond donors (Lipinski definition) is 1. The minimum atomic E-state index is 0.326. The first kappa shape index (κ1) is 11.8. The summed E-state index contributed by atoms with van der Waals surface area (Å²) in [5.41, 5.74) is 4.89. The smallest absolute Gasteiger partial charge is 0.0346 e. The van der Waals surface area contributed by atoms with E-state index < -0.39 is 0 Å². The van der Waals surface area contributed by atoms with Crippen molar-refractivity contribution in [3.05, 3.63) is 53.9 Å². The van der Waals surface area contributed by atoms with E-state index in [0.717, 1.165) is 0 Å². The summed E-state index contributed by atoms with van der Waals surface area (Å²) in [5.74, 6) is 0. The zero-order chi connectivity index (χ0) is 12.3. The number of hydrogen-bond acceptors (Lipinski definition) is 2. The van der Waals surface area contributed by atoms with Crippen LogP contribution in [-0.2, 0) is 0 Å². The molecule has 88 valence electrons. The fourth-order valence-corrected chi connectivity index (χ4v) is 1.84. The highest BCUT2D eigenvalue weighted by molar-refractivity contribution is 5.63. The summed E-state index contributed by atoms with van der Waals surface area (Å²) < 4.78 is 0. The molecule has 2 nitrogen and oxygen atoms in total. The minimum absolute atomic E-state index is 0.326. The van der Waals surface area contributed by atoms with Crippen LogP contribution in [0, 0.1) is 6.92 Å². The second-order valence-electron chi connectivity index (χ2n) is 4.39. The fraction of sp³-hybridized carbons (Fsp3) is 0.267. The van der Waals surface area contributed by atoms with Gasteiger partial charge in [0, 0.05) is 24.0 Å². The Hall–Kier alpha value is -1.67. The lowest BCUT2D eigenvalue weighted by atomic mass is 10.0. The number of aryl methyl sites for hydroxylation is 1. The predicted molar refractivity (Wildman–Crippen MR) is 71.9 cm³/mol. The van der Waals surface area contributed by atoms with Crippen LogP contribution in [0.1, 0.15) is 24.1 Å². The molecule has 0 fully saturated rings. The first-order valence-corrected chi connectivity index (χ1v) is 5.90. The fourth-order valence-electron chi connectivity index (χ4n) is 1.84. The molecule has 2 aromatic rings. The molecule has 0 aliphatic carbocycles. The van der Waals surface area contributed by atoms with E-state index in [4.69, 9.17) is 0 Å². The number of aromatic nitrogens is 1. The van der Waals surface area contributed by atoms with Crippen LogP contribution in [0.25, 0.3) is 11.1 Å². The van der Waals surface area contributed by atoms with E-state index >= 15 is 0 Å². The van der Waals surface area contributed by atoms with Gasteiger partial charge in [-0.05, 0) is 38.1 Å². The maximum Gasteiger partial charge on any atom is 0.0346 e. The van der Waals surface area contributed by atoms with Crippen molar-refractivity contribution in [2.75, 3.05) is 7.05 Å². The first-order valence-electron chi connectivity index (χ1n) is 5.90. The van der Waals surface area contributed by atoms with Gasteiger partial charge in [0.25, 0.3) is 0 Å². The molecule has 0 bridgehead atoms. The molecule has 0 saturated heterocycles. The third-order valence-electron chi connectivity index (χ3n) is 3.04. The molecular weight excluding hydrogens is 208 g/mol. The molecule has 1 atom stereocenters. The lowest BCUT2D eigenvalue weighted by Crippen LogP contribution is -2.12. The van der Waals surface area contributed by atoms with E-state index in [1.165, 1.54) is 22.3 Å². The number of pyridine rings is 1. The van der Waals surface area contributed by atoms with Gasteiger partial charge in [-0.25, -0.2) is 0 Å². The normalized spacial score (nSPS) is 12.4. The Kier molecular flexibility index (Phi) is 3.55. The molecule has 1 unspecified atom stereocenters. The Balaban J connectivity index is 2.39. The molecule has 0 amide bonds. The molecule has 2 heteroatoms. The van der Waals surface area contributed by atoms with Crippen molar-refractivity contribution in [1.29, 1.82) is 0 Å². The monoisotopic (exact) mass is 226 g/mol. The Morgan fingerprint density at radius 1 is 1.12 bits per heavy atom. The Morgan fingerprint density at radius 2 is 1.94 bits per heavy atom. The van der Waals surface area contributed by atoms with Gasteiger partial charge in [-0.2, -0.15) is 0 Å². The van der Waals surface area contributed by atoms with Crippen molar-refractivity contribution < 1.29 is 0 Å². The van der Waals surface area contributed by atoms with E-state index in [2.05, 4.69) is 54.5 Å². The number of nitrogens with one attached hydrogen (secondary N) is 1. The minimum Gasteiger partial charge on any atom is -0.313 e. The SMILES string of the molecule is CNC(C)c1cncc(-c2cccc(C)c2)c1. The van der Waals surface area contributed by atoms with Gasteiger partial charge >= 0.3 is 0 Å². The Bertz CT molecular complexity index is 506. The van der Waals surface area contributed by atoms with Crippen LogP contribution in [0.5, 0.6) is 0 Å². The molecule has 0 radical (unpaired) electrons. The molecular formula is C15H18N2. The molecule has 0 spiro atoms. The second kappa shape index (κ2) is 5.11. The molecule has 0 aliphatic heterocycles. The Morgan fingerprint density at radius 3 is 2.65 bits per heavy atom. The van der Waals surface area contributed by atoms with Crippen molar-refractivity contribution in [3.63, 3.8) is 0 Å². The highest BCUT2D eigenvalue weighted by Crippen LogP contribution is 2.22. The lowest BCUT2D eigenvalue weighted by molar-refractivity contribution is 0.650. The number of rotatable bonds is 3. The van der Waals surface area contributed by atoms with Gasteiger partial charge in [0.05, 0.1) is 0 Å². The van der Waals surface area contributed by atoms with Crippen LogP contribution in [0.4, 0.5) is 0 Å². The summed E-state index contributed by atoms with van der Waals surface area (Å²) in [6.45, 7) is 4.24. The zero-order valence-corrected chi connectivity index (χ0v) is 10.6. The maximum absolute atomic E-state index is 4.32. The van der Waals surface area contributed by atoms with Gasteiger partial charge in [0.15, 0.2) is 0 Å². The summed E-state index contributed by atoms with van der Waals surface area (Å²) in [6.07, 6.45) is 3.83. The van der Waals surface area contributed by atoms with Crippen LogP contribution in [-0.4, -0.2) is 12.0 Å². The molecule has 2 rings (SSSR count). The second-order valence-corrected chi connectivity index (χ2v) is 4.39. The van der Waals surface area contributed by atoms with Crippen molar-refractivity contribution in [2.45, 2.75) is 19.9 Å². The average molecular weight is 226 g/mol. The van der Waals surface area contributed by atoms with Gasteiger partial charge < -0.3 is 5.32 Å². The summed E-state index contributed by atoms with van der Waals surface area (Å²) in [6, 6.07) is 11.0. The first-order chi connectivity index (χ1) is 8.20. The number of nitrogens with zero attached hydrogens (tertiary/aromatic N) is 1. The van der Waals surface area contributed by atoms with Gasteiger partial charge in [0.1, 0.15) is 0 Å². The quantitative estimate of drug-likeness (QED) is 0.868. The maximum atomic E-state index is 4.32. The van der Waals surface area contributed by atoms with Gasteiger partial charge in [-0.1, -0.05) is 29.8 Å². The van der Waals surface area contributed by atoms with Gasteiger partial charge in [-0.3, -0.25) is 4.98 Å². The molecule has 1 N–H and O–H groups in total. The van der Waals surface area contributed by atoms with E-state index in [9.17, 15) is 0 Å². The van der Waals surface area contributed by atoms with Crippen molar-refractivity contribution >= 4 is 0 Å². The largest absolute Gasteiger partial charge is 0.313 e. The van der Waals surface area contributed by atoms with E-state index in [1.807, 2.05) is 19.4 Å². The summed E-state index contributed by atoms with van der Waals surface area (Å²) >= 11 is 0. The van der Waals surface area contributed by atoms with E-state index in [-0.39, 0.29) is 0 Å². The Labute approximate surface area is 103 Å². The van der Waals surface area contributed by atoms with Crippen LogP contribution in [0.2, 0.25) is 0 Å². The highest BCUT2D eigenvalue weighted by Gasteiger charge is 2.05. The zero-order valence-electron chi connectivity index (χ0n) is 10.6. The molecule has 1 aromatic heterocycles. The van der Waals surface area contributed by atoms with E-state index in [0.29, 0.717) is 6.04 Å². The summed E-state index contributed by atoms with van der Waals surface area (Å²) in [7, 11) is 1.96. The number of benzene rings is 1. The third kappa shape index (κ3) is 2.71. The molecule has 1 heterocycles. The third-order valence-corrected chi connectivity index (χ3v) is 3.04. The van der Waals surface area contributed by atoms with Crippen LogP contribution >= 0.6 is 0 Å². The highest BCUT2D eigenvalue weighted by atomic mass is 14.9. The standard InChI is InChI=1S/C15H18N2/c1-11-5-4-6-13(7-11)15-8-14(9-17-10-15)12(2)16-3/h4-10,12,16H,1-3H3. The molecule has 17 heavy (non-hydrogen) atoms. The van der Waals surface area contributed by atoms with E-state index in [1.54, 1.807) is 0 Å². The lowest BCUT2D eigenvalue weighted by Gasteiger charge is -2.11. The van der Waals surface area contributed by atoms with Crippen LogP contribution < -0.4 is 5.32 Å². The van der Waals surface area contributed by atoms with Crippen LogP contribution in [0.3, 0.4) is 0 Å². The average Bonchev–Trinajstić information content (AvgIpc) is 2.38. The predicted octanol–water partition coefficient (Wildman–Crippen LogP) is 3.34. The van der Waals surface area contributed by atoms with Crippen molar-refractivity contribution in [3.8, 4) is 11.1 Å². The molecule has 1 aromatic carbocycles. The van der Waals surface area contributed by atoms with Crippen molar-refractivity contribution in [1.82, 2.24) is 10.3 Å². The van der Waals surface area contributed by atoms with Gasteiger partial charge in [-0.15, -0.1) is 0 Å². The summed E-state index contributed by atoms with van der Waals surface area (Å²) in [4.78, 5) is 4.32. The topological polar surface area (TPSA) is 24.9 Å². The van der Waals surface area contributed by atoms with Crippen molar-refractivity contribution in [2.24, 2.45) is 0 Å². The molecule has 0 saturated carbocycles. The van der Waals surface area contributed by atoms with Crippen LogP contribution in [0.15, 0.2) is 42.7 Å². The molecule has 0 aliphatic rings.